The standard InChI is InChI=1S/C22H24N2O5S/c1-13-5-7-15(8-6-13)21-20(22(25)23-3)17-11-16-14(2)28-10-9-24(30(4,26)27)18(16)12-19(17)29-21/h5-8,11-12,14H,9-10H2,1-4H3,(H,23,25). The van der Waals surface area contributed by atoms with Crippen LogP contribution in [0.2, 0.25) is 0 Å². The predicted octanol–water partition coefficient (Wildman–Crippen LogP) is 3.63. The maximum absolute atomic E-state index is 12.8. The van der Waals surface area contributed by atoms with E-state index in [4.69, 9.17) is 9.15 Å². The molecule has 2 heterocycles. The molecular formula is C22H24N2O5S. The van der Waals surface area contributed by atoms with Crippen molar-refractivity contribution in [3.63, 3.8) is 0 Å². The number of fused-ring (bicyclic) bond motifs is 2. The highest BCUT2D eigenvalue weighted by molar-refractivity contribution is 7.92. The Morgan fingerprint density at radius 2 is 1.90 bits per heavy atom. The molecule has 3 aromatic rings. The molecule has 1 N–H and O–H groups in total. The van der Waals surface area contributed by atoms with E-state index in [-0.39, 0.29) is 25.2 Å². The Balaban J connectivity index is 2.03. The molecule has 7 nitrogen and oxygen atoms in total. The number of anilines is 1. The molecule has 1 aliphatic heterocycles. The van der Waals surface area contributed by atoms with Crippen molar-refractivity contribution < 1.29 is 22.4 Å². The Bertz CT molecular complexity index is 1230. The van der Waals surface area contributed by atoms with Crippen LogP contribution in [0.1, 0.15) is 34.5 Å². The van der Waals surface area contributed by atoms with Gasteiger partial charge in [-0.15, -0.1) is 0 Å². The summed E-state index contributed by atoms with van der Waals surface area (Å²) >= 11 is 0. The number of hydrogen-bond acceptors (Lipinski definition) is 5. The van der Waals surface area contributed by atoms with Crippen molar-refractivity contribution in [2.24, 2.45) is 0 Å². The fourth-order valence-corrected chi connectivity index (χ4v) is 4.74. The number of nitrogens with zero attached hydrogens (tertiary/aromatic N) is 1. The van der Waals surface area contributed by atoms with Crippen LogP contribution in [0, 0.1) is 6.92 Å². The maximum Gasteiger partial charge on any atom is 0.255 e. The van der Waals surface area contributed by atoms with Gasteiger partial charge in [-0.05, 0) is 19.9 Å². The Morgan fingerprint density at radius 3 is 2.53 bits per heavy atom. The SMILES string of the molecule is CNC(=O)c1c(-c2ccc(C)cc2)oc2cc3c(cc12)C(C)OCCN3S(C)(=O)=O. The summed E-state index contributed by atoms with van der Waals surface area (Å²) in [5.41, 5.74) is 3.95. The average Bonchev–Trinajstić information content (AvgIpc) is 2.98. The molecule has 30 heavy (non-hydrogen) atoms. The van der Waals surface area contributed by atoms with Gasteiger partial charge in [0.15, 0.2) is 0 Å². The molecule has 158 valence electrons. The number of hydrogen-bond donors (Lipinski definition) is 1. The molecule has 1 aromatic heterocycles. The van der Waals surface area contributed by atoms with E-state index in [9.17, 15) is 13.2 Å². The first-order chi connectivity index (χ1) is 14.2. The van der Waals surface area contributed by atoms with Gasteiger partial charge in [-0.1, -0.05) is 29.8 Å². The van der Waals surface area contributed by atoms with E-state index >= 15 is 0 Å². The molecule has 0 saturated heterocycles. The van der Waals surface area contributed by atoms with Gasteiger partial charge in [-0.25, -0.2) is 8.42 Å². The molecule has 8 heteroatoms. The second-order valence-electron chi connectivity index (χ2n) is 7.51. The van der Waals surface area contributed by atoms with E-state index in [0.717, 1.165) is 11.1 Å². The van der Waals surface area contributed by atoms with Crippen LogP contribution in [-0.4, -0.2) is 40.8 Å². The quantitative estimate of drug-likeness (QED) is 0.688. The summed E-state index contributed by atoms with van der Waals surface area (Å²) in [5, 5.41) is 3.30. The number of carbonyl (C=O) groups is 1. The van der Waals surface area contributed by atoms with Crippen molar-refractivity contribution in [3.05, 3.63) is 53.1 Å². The van der Waals surface area contributed by atoms with Crippen LogP contribution in [0.5, 0.6) is 0 Å². The number of benzene rings is 2. The number of nitrogens with one attached hydrogen (secondary N) is 1. The van der Waals surface area contributed by atoms with Crippen LogP contribution in [0.3, 0.4) is 0 Å². The van der Waals surface area contributed by atoms with Crippen molar-refractivity contribution in [3.8, 4) is 11.3 Å². The molecular weight excluding hydrogens is 404 g/mol. The van der Waals surface area contributed by atoms with E-state index in [2.05, 4.69) is 5.32 Å². The minimum absolute atomic E-state index is 0.218. The zero-order valence-electron chi connectivity index (χ0n) is 17.4. The normalized spacial score (nSPS) is 16.9. The molecule has 1 atom stereocenters. The zero-order chi connectivity index (χ0) is 21.6. The van der Waals surface area contributed by atoms with Crippen molar-refractivity contribution in [2.75, 3.05) is 30.8 Å². The highest BCUT2D eigenvalue weighted by Crippen LogP contribution is 2.41. The van der Waals surface area contributed by atoms with Gasteiger partial charge < -0.3 is 14.5 Å². The van der Waals surface area contributed by atoms with Crippen LogP contribution >= 0.6 is 0 Å². The lowest BCUT2D eigenvalue weighted by Gasteiger charge is -2.22. The number of furan rings is 1. The largest absolute Gasteiger partial charge is 0.455 e. The Labute approximate surface area is 175 Å². The lowest BCUT2D eigenvalue weighted by molar-refractivity contribution is 0.0769. The highest BCUT2D eigenvalue weighted by Gasteiger charge is 2.30. The average molecular weight is 429 g/mol. The molecule has 1 amide bonds. The first-order valence-corrected chi connectivity index (χ1v) is 11.5. The van der Waals surface area contributed by atoms with E-state index < -0.39 is 10.0 Å². The fraction of sp³-hybridized carbons (Fsp3) is 0.318. The van der Waals surface area contributed by atoms with Crippen LogP contribution < -0.4 is 9.62 Å². The van der Waals surface area contributed by atoms with Gasteiger partial charge in [0, 0.05) is 29.6 Å². The summed E-state index contributed by atoms with van der Waals surface area (Å²) in [6.45, 7) is 4.36. The van der Waals surface area contributed by atoms with Gasteiger partial charge in [0.25, 0.3) is 5.91 Å². The molecule has 1 unspecified atom stereocenters. The topological polar surface area (TPSA) is 88.8 Å². The third-order valence-corrected chi connectivity index (χ3v) is 6.55. The molecule has 1 aliphatic rings. The maximum atomic E-state index is 12.8. The van der Waals surface area contributed by atoms with Crippen LogP contribution in [0.25, 0.3) is 22.3 Å². The number of amides is 1. The minimum Gasteiger partial charge on any atom is -0.455 e. The second-order valence-corrected chi connectivity index (χ2v) is 9.41. The number of rotatable bonds is 3. The van der Waals surface area contributed by atoms with Gasteiger partial charge in [0.2, 0.25) is 10.0 Å². The summed E-state index contributed by atoms with van der Waals surface area (Å²) in [6, 6.07) is 11.2. The van der Waals surface area contributed by atoms with Crippen molar-refractivity contribution in [1.82, 2.24) is 5.32 Å². The number of ether oxygens (including phenoxy) is 1. The van der Waals surface area contributed by atoms with Gasteiger partial charge in [-0.2, -0.15) is 0 Å². The first-order valence-electron chi connectivity index (χ1n) is 9.69. The third kappa shape index (κ3) is 3.46. The molecule has 2 aromatic carbocycles. The number of sulfonamides is 1. The Kier molecular flexibility index (Phi) is 5.07. The number of aryl methyl sites for hydroxylation is 1. The lowest BCUT2D eigenvalue weighted by Crippen LogP contribution is -2.32. The van der Waals surface area contributed by atoms with E-state index in [1.807, 2.05) is 44.2 Å². The molecule has 0 radical (unpaired) electrons. The smallest absolute Gasteiger partial charge is 0.255 e. The van der Waals surface area contributed by atoms with Crippen molar-refractivity contribution in [2.45, 2.75) is 20.0 Å². The third-order valence-electron chi connectivity index (χ3n) is 5.37. The van der Waals surface area contributed by atoms with Crippen molar-refractivity contribution in [1.29, 1.82) is 0 Å². The summed E-state index contributed by atoms with van der Waals surface area (Å²) in [5.74, 6) is 0.176. The second kappa shape index (κ2) is 7.45. The van der Waals surface area contributed by atoms with E-state index in [1.54, 1.807) is 13.1 Å². The molecule has 0 saturated carbocycles. The summed E-state index contributed by atoms with van der Waals surface area (Å²) in [4.78, 5) is 12.8. The molecule has 0 fully saturated rings. The monoisotopic (exact) mass is 428 g/mol. The van der Waals surface area contributed by atoms with Gasteiger partial charge in [-0.3, -0.25) is 9.10 Å². The van der Waals surface area contributed by atoms with Gasteiger partial charge in [0.05, 0.1) is 36.8 Å². The van der Waals surface area contributed by atoms with Gasteiger partial charge >= 0.3 is 0 Å². The van der Waals surface area contributed by atoms with Crippen LogP contribution in [0.15, 0.2) is 40.8 Å². The molecule has 0 bridgehead atoms. The summed E-state index contributed by atoms with van der Waals surface area (Å²) < 4.78 is 38.1. The van der Waals surface area contributed by atoms with Gasteiger partial charge in [0.1, 0.15) is 11.3 Å². The molecule has 0 spiro atoms. The first kappa shape index (κ1) is 20.4. The van der Waals surface area contributed by atoms with Crippen LogP contribution in [-0.2, 0) is 14.8 Å². The van der Waals surface area contributed by atoms with Crippen LogP contribution in [0.4, 0.5) is 5.69 Å². The number of carbonyl (C=O) groups excluding carboxylic acids is 1. The minimum atomic E-state index is -3.50. The predicted molar refractivity (Wildman–Crippen MR) is 116 cm³/mol. The lowest BCUT2D eigenvalue weighted by atomic mass is 10.00. The summed E-state index contributed by atoms with van der Waals surface area (Å²) in [7, 11) is -1.93. The molecule has 0 aliphatic carbocycles. The zero-order valence-corrected chi connectivity index (χ0v) is 18.2. The Morgan fingerprint density at radius 1 is 1.20 bits per heavy atom. The highest BCUT2D eigenvalue weighted by atomic mass is 32.2. The van der Waals surface area contributed by atoms with Crippen molar-refractivity contribution >= 4 is 32.6 Å². The van der Waals surface area contributed by atoms with E-state index in [1.165, 1.54) is 10.6 Å². The molecule has 4 rings (SSSR count). The fourth-order valence-electron chi connectivity index (χ4n) is 3.82. The Hall–Kier alpha value is -2.84. The van der Waals surface area contributed by atoms with E-state index in [0.29, 0.717) is 33.5 Å². The summed E-state index contributed by atoms with van der Waals surface area (Å²) in [6.07, 6.45) is 0.846.